The Balaban J connectivity index is 1.61. The van der Waals surface area contributed by atoms with Gasteiger partial charge in [-0.15, -0.1) is 0 Å². The average molecular weight is 276 g/mol. The monoisotopic (exact) mass is 276 g/mol. The van der Waals surface area contributed by atoms with Crippen LogP contribution in [0.5, 0.6) is 0 Å². The van der Waals surface area contributed by atoms with Gasteiger partial charge in [0.1, 0.15) is 5.82 Å². The number of methoxy groups -OCH3 is 1. The van der Waals surface area contributed by atoms with Crippen LogP contribution in [0, 0.1) is 6.92 Å². The summed E-state index contributed by atoms with van der Waals surface area (Å²) in [5.41, 5.74) is 0.984. The molecular formula is C13H20N6O. The van der Waals surface area contributed by atoms with Gasteiger partial charge in [0, 0.05) is 51.6 Å². The molecule has 3 rings (SSSR count). The fraction of sp³-hybridized carbons (Fsp3) is 0.615. The summed E-state index contributed by atoms with van der Waals surface area (Å²) < 4.78 is 7.77. The minimum absolute atomic E-state index is 0.184. The van der Waals surface area contributed by atoms with Crippen molar-refractivity contribution in [3.05, 3.63) is 30.1 Å². The maximum absolute atomic E-state index is 5.60. The molecule has 2 atom stereocenters. The van der Waals surface area contributed by atoms with Crippen molar-refractivity contribution in [2.24, 2.45) is 0 Å². The number of ether oxygens (including phenoxy) is 1. The van der Waals surface area contributed by atoms with Crippen molar-refractivity contribution in [1.29, 1.82) is 0 Å². The number of nitrogens with one attached hydrogen (secondary N) is 1. The van der Waals surface area contributed by atoms with E-state index in [1.54, 1.807) is 13.3 Å². The fourth-order valence-corrected chi connectivity index (χ4v) is 2.84. The predicted octanol–water partition coefficient (Wildman–Crippen LogP) is 0.424. The Morgan fingerprint density at radius 3 is 2.95 bits per heavy atom. The topological polar surface area (TPSA) is 71.9 Å². The zero-order valence-electron chi connectivity index (χ0n) is 11.9. The highest BCUT2D eigenvalue weighted by atomic mass is 16.5. The molecule has 2 aromatic heterocycles. The van der Waals surface area contributed by atoms with Crippen LogP contribution in [0.2, 0.25) is 0 Å². The molecule has 1 N–H and O–H groups in total. The van der Waals surface area contributed by atoms with Crippen LogP contribution >= 0.6 is 0 Å². The molecule has 1 aliphatic rings. The molecule has 7 heteroatoms. The molecule has 0 aromatic carbocycles. The number of aryl methyl sites for hydroxylation is 1. The third-order valence-electron chi connectivity index (χ3n) is 4.04. The zero-order valence-corrected chi connectivity index (χ0v) is 11.9. The minimum Gasteiger partial charge on any atom is -0.379 e. The Morgan fingerprint density at radius 2 is 2.30 bits per heavy atom. The smallest absolute Gasteiger partial charge is 0.105 e. The molecule has 0 bridgehead atoms. The molecule has 1 saturated heterocycles. The highest BCUT2D eigenvalue weighted by Crippen LogP contribution is 2.27. The average Bonchev–Trinajstić information content (AvgIpc) is 3.16. The minimum atomic E-state index is 0.184. The van der Waals surface area contributed by atoms with E-state index in [1.165, 1.54) is 0 Å². The normalized spacial score (nSPS) is 23.5. The van der Waals surface area contributed by atoms with Gasteiger partial charge in [-0.2, -0.15) is 15.4 Å². The Hall–Kier alpha value is -1.73. The molecule has 0 radical (unpaired) electrons. The second-order valence-corrected chi connectivity index (χ2v) is 5.20. The van der Waals surface area contributed by atoms with Crippen molar-refractivity contribution >= 4 is 0 Å². The Morgan fingerprint density at radius 1 is 1.40 bits per heavy atom. The lowest BCUT2D eigenvalue weighted by Crippen LogP contribution is -2.26. The van der Waals surface area contributed by atoms with E-state index in [1.807, 2.05) is 19.3 Å². The summed E-state index contributed by atoms with van der Waals surface area (Å²) in [4.78, 5) is 6.66. The SMILES string of the molecule is CO[C@@H]1CN(CCn2ccnc2C)C[C@H]1c1cn[nH]n1. The lowest BCUT2D eigenvalue weighted by atomic mass is 10.0. The Bertz CT molecular complexity index is 537. The van der Waals surface area contributed by atoms with Gasteiger partial charge in [0.2, 0.25) is 0 Å². The van der Waals surface area contributed by atoms with E-state index < -0.39 is 0 Å². The molecule has 0 spiro atoms. The Kier molecular flexibility index (Phi) is 3.79. The Labute approximate surface area is 117 Å². The van der Waals surface area contributed by atoms with Gasteiger partial charge in [-0.1, -0.05) is 0 Å². The van der Waals surface area contributed by atoms with Crippen LogP contribution in [-0.2, 0) is 11.3 Å². The summed E-state index contributed by atoms with van der Waals surface area (Å²) in [5.74, 6) is 1.35. The first kappa shape index (κ1) is 13.3. The number of imidazole rings is 1. The number of aromatic nitrogens is 5. The number of likely N-dealkylation sites (tertiary alicyclic amines) is 1. The lowest BCUT2D eigenvalue weighted by molar-refractivity contribution is 0.0960. The van der Waals surface area contributed by atoms with Gasteiger partial charge in [0.05, 0.1) is 18.0 Å². The molecular weight excluding hydrogens is 256 g/mol. The van der Waals surface area contributed by atoms with Gasteiger partial charge < -0.3 is 9.30 Å². The van der Waals surface area contributed by atoms with Gasteiger partial charge in [0.25, 0.3) is 0 Å². The largest absolute Gasteiger partial charge is 0.379 e. The van der Waals surface area contributed by atoms with Crippen molar-refractivity contribution < 1.29 is 4.74 Å². The van der Waals surface area contributed by atoms with Crippen LogP contribution < -0.4 is 0 Å². The number of hydrogen-bond acceptors (Lipinski definition) is 5. The van der Waals surface area contributed by atoms with E-state index in [4.69, 9.17) is 4.74 Å². The fourth-order valence-electron chi connectivity index (χ4n) is 2.84. The predicted molar refractivity (Wildman–Crippen MR) is 73.3 cm³/mol. The van der Waals surface area contributed by atoms with Gasteiger partial charge in [0.15, 0.2) is 0 Å². The van der Waals surface area contributed by atoms with Gasteiger partial charge in [-0.05, 0) is 6.92 Å². The maximum atomic E-state index is 5.60. The summed E-state index contributed by atoms with van der Waals surface area (Å²) in [5, 5.41) is 10.8. The first-order valence-electron chi connectivity index (χ1n) is 6.86. The summed E-state index contributed by atoms with van der Waals surface area (Å²) in [7, 11) is 1.77. The second-order valence-electron chi connectivity index (χ2n) is 5.20. The van der Waals surface area contributed by atoms with Crippen molar-refractivity contribution in [2.75, 3.05) is 26.7 Å². The molecule has 0 amide bonds. The molecule has 7 nitrogen and oxygen atoms in total. The van der Waals surface area contributed by atoms with Crippen molar-refractivity contribution in [1.82, 2.24) is 29.9 Å². The second kappa shape index (κ2) is 5.72. The first-order valence-corrected chi connectivity index (χ1v) is 6.86. The highest BCUT2D eigenvalue weighted by molar-refractivity contribution is 5.09. The molecule has 3 heterocycles. The summed E-state index contributed by atoms with van der Waals surface area (Å²) in [6.45, 7) is 5.86. The number of H-pyrrole nitrogens is 1. The van der Waals surface area contributed by atoms with Crippen molar-refractivity contribution in [3.8, 4) is 0 Å². The number of nitrogens with zero attached hydrogens (tertiary/aromatic N) is 5. The molecule has 1 aliphatic heterocycles. The summed E-state index contributed by atoms with van der Waals surface area (Å²) in [6, 6.07) is 0. The van der Waals surface area contributed by atoms with Crippen LogP contribution in [0.25, 0.3) is 0 Å². The van der Waals surface area contributed by atoms with Crippen molar-refractivity contribution in [3.63, 3.8) is 0 Å². The quantitative estimate of drug-likeness (QED) is 0.857. The number of rotatable bonds is 5. The van der Waals surface area contributed by atoms with E-state index in [-0.39, 0.29) is 6.10 Å². The highest BCUT2D eigenvalue weighted by Gasteiger charge is 2.35. The third kappa shape index (κ3) is 2.59. The molecule has 1 fully saturated rings. The van der Waals surface area contributed by atoms with E-state index in [2.05, 4.69) is 29.9 Å². The molecule has 0 saturated carbocycles. The third-order valence-corrected chi connectivity index (χ3v) is 4.04. The van der Waals surface area contributed by atoms with Gasteiger partial charge >= 0.3 is 0 Å². The van der Waals surface area contributed by atoms with Crippen LogP contribution in [0.4, 0.5) is 0 Å². The summed E-state index contributed by atoms with van der Waals surface area (Å²) in [6.07, 6.45) is 5.84. The van der Waals surface area contributed by atoms with Gasteiger partial charge in [-0.3, -0.25) is 4.90 Å². The molecule has 20 heavy (non-hydrogen) atoms. The molecule has 0 unspecified atom stereocenters. The van der Waals surface area contributed by atoms with E-state index in [0.29, 0.717) is 5.92 Å². The maximum Gasteiger partial charge on any atom is 0.105 e. The number of aromatic amines is 1. The lowest BCUT2D eigenvalue weighted by Gasteiger charge is -2.16. The van der Waals surface area contributed by atoms with Crippen molar-refractivity contribution in [2.45, 2.75) is 25.5 Å². The van der Waals surface area contributed by atoms with E-state index >= 15 is 0 Å². The van der Waals surface area contributed by atoms with Crippen LogP contribution in [0.3, 0.4) is 0 Å². The van der Waals surface area contributed by atoms with Gasteiger partial charge in [-0.25, -0.2) is 4.98 Å². The first-order chi connectivity index (χ1) is 9.78. The number of hydrogen-bond donors (Lipinski definition) is 1. The van der Waals surface area contributed by atoms with Crippen LogP contribution in [0.15, 0.2) is 18.6 Å². The molecule has 0 aliphatic carbocycles. The molecule has 108 valence electrons. The standard InChI is InChI=1S/C13H20N6O/c1-10-14-3-4-19(10)6-5-18-8-11(13(9-18)20-2)12-7-15-17-16-12/h3-4,7,11,13H,5-6,8-9H2,1-2H3,(H,15,16,17)/t11-,13+/m0/s1. The van der Waals surface area contributed by atoms with E-state index in [9.17, 15) is 0 Å². The zero-order chi connectivity index (χ0) is 13.9. The van der Waals surface area contributed by atoms with Crippen LogP contribution in [0.1, 0.15) is 17.4 Å². The van der Waals surface area contributed by atoms with Crippen LogP contribution in [-0.4, -0.2) is 62.7 Å². The molecule has 2 aromatic rings. The summed E-state index contributed by atoms with van der Waals surface area (Å²) >= 11 is 0. The van der Waals surface area contributed by atoms with E-state index in [0.717, 1.165) is 37.7 Å².